The van der Waals surface area contributed by atoms with Crippen molar-refractivity contribution in [1.29, 1.82) is 0 Å². The molecule has 1 atom stereocenters. The Balaban J connectivity index is 1.94. The normalized spacial score (nSPS) is 20.7. The monoisotopic (exact) mass is 192 g/mol. The number of para-hydroxylation sites is 1. The summed E-state index contributed by atoms with van der Waals surface area (Å²) in [5.41, 5.74) is 0. The van der Waals surface area contributed by atoms with E-state index in [0.29, 0.717) is 19.0 Å². The number of ether oxygens (including phenoxy) is 1. The Morgan fingerprint density at radius 2 is 2.14 bits per heavy atom. The van der Waals surface area contributed by atoms with E-state index in [2.05, 4.69) is 10.6 Å². The highest BCUT2D eigenvalue weighted by molar-refractivity contribution is 5.78. The molecule has 0 spiro atoms. The number of hydrogen-bond acceptors (Lipinski definition) is 4. The average Bonchev–Trinajstić information content (AvgIpc) is 2.72. The predicted octanol–water partition coefficient (Wildman–Crippen LogP) is 0.111. The van der Waals surface area contributed by atoms with Crippen LogP contribution in [-0.4, -0.2) is 25.2 Å². The van der Waals surface area contributed by atoms with E-state index < -0.39 is 0 Å². The summed E-state index contributed by atoms with van der Waals surface area (Å²) in [7, 11) is 0. The average molecular weight is 192 g/mol. The number of benzene rings is 1. The van der Waals surface area contributed by atoms with Crippen LogP contribution in [0.1, 0.15) is 0 Å². The third kappa shape index (κ3) is 2.10. The SMILES string of the molecule is O=C(Oc1ccccc1)C1CNCN1. The maximum absolute atomic E-state index is 11.5. The third-order valence-electron chi connectivity index (χ3n) is 2.07. The largest absolute Gasteiger partial charge is 0.425 e. The first-order valence-electron chi connectivity index (χ1n) is 4.57. The van der Waals surface area contributed by atoms with Gasteiger partial charge in [-0.25, -0.2) is 4.79 Å². The summed E-state index contributed by atoms with van der Waals surface area (Å²) in [5.74, 6) is 0.354. The molecule has 1 unspecified atom stereocenters. The van der Waals surface area contributed by atoms with Crippen LogP contribution < -0.4 is 15.4 Å². The minimum atomic E-state index is -0.235. The van der Waals surface area contributed by atoms with Crippen molar-refractivity contribution >= 4 is 5.97 Å². The maximum atomic E-state index is 11.5. The van der Waals surface area contributed by atoms with Crippen LogP contribution >= 0.6 is 0 Å². The second-order valence-corrected chi connectivity index (χ2v) is 3.12. The van der Waals surface area contributed by atoms with Gasteiger partial charge in [-0.1, -0.05) is 18.2 Å². The summed E-state index contributed by atoms with van der Waals surface area (Å²) in [6, 6.07) is 8.86. The van der Waals surface area contributed by atoms with E-state index in [1.54, 1.807) is 12.1 Å². The van der Waals surface area contributed by atoms with Crippen molar-refractivity contribution in [3.63, 3.8) is 0 Å². The lowest BCUT2D eigenvalue weighted by atomic mass is 10.3. The Bertz CT molecular complexity index is 307. The van der Waals surface area contributed by atoms with Crippen LogP contribution in [-0.2, 0) is 4.79 Å². The van der Waals surface area contributed by atoms with Gasteiger partial charge in [0.15, 0.2) is 0 Å². The maximum Gasteiger partial charge on any atom is 0.329 e. The summed E-state index contributed by atoms with van der Waals surface area (Å²) in [6.07, 6.45) is 0. The van der Waals surface area contributed by atoms with Gasteiger partial charge in [-0.2, -0.15) is 0 Å². The van der Waals surface area contributed by atoms with Gasteiger partial charge < -0.3 is 10.1 Å². The molecule has 14 heavy (non-hydrogen) atoms. The van der Waals surface area contributed by atoms with E-state index >= 15 is 0 Å². The molecule has 74 valence electrons. The van der Waals surface area contributed by atoms with E-state index in [9.17, 15) is 4.79 Å². The molecular weight excluding hydrogens is 180 g/mol. The van der Waals surface area contributed by atoms with Crippen molar-refractivity contribution in [2.24, 2.45) is 0 Å². The molecular formula is C10H12N2O2. The lowest BCUT2D eigenvalue weighted by molar-refractivity contribution is -0.136. The van der Waals surface area contributed by atoms with Gasteiger partial charge >= 0.3 is 5.97 Å². The highest BCUT2D eigenvalue weighted by atomic mass is 16.5. The van der Waals surface area contributed by atoms with Crippen LogP contribution in [0.25, 0.3) is 0 Å². The second-order valence-electron chi connectivity index (χ2n) is 3.12. The first-order valence-corrected chi connectivity index (χ1v) is 4.57. The minimum Gasteiger partial charge on any atom is -0.425 e. The molecule has 2 rings (SSSR count). The number of rotatable bonds is 2. The molecule has 2 N–H and O–H groups in total. The number of esters is 1. The summed E-state index contributed by atoms with van der Waals surface area (Å²) in [5, 5.41) is 6.02. The molecule has 1 aliphatic rings. The van der Waals surface area contributed by atoms with Gasteiger partial charge in [0.1, 0.15) is 11.8 Å². The molecule has 4 heteroatoms. The standard InChI is InChI=1S/C10H12N2O2/c13-10(9-6-11-7-12-9)14-8-4-2-1-3-5-8/h1-5,9,11-12H,6-7H2. The fourth-order valence-electron chi connectivity index (χ4n) is 1.33. The number of carbonyl (C=O) groups excluding carboxylic acids is 1. The van der Waals surface area contributed by atoms with E-state index in [-0.39, 0.29) is 12.0 Å². The van der Waals surface area contributed by atoms with E-state index in [1.807, 2.05) is 18.2 Å². The third-order valence-corrected chi connectivity index (χ3v) is 2.07. The molecule has 0 aromatic heterocycles. The summed E-state index contributed by atoms with van der Waals surface area (Å²) in [4.78, 5) is 11.5. The Morgan fingerprint density at radius 3 is 2.79 bits per heavy atom. The van der Waals surface area contributed by atoms with Crippen LogP contribution in [0.5, 0.6) is 5.75 Å². The van der Waals surface area contributed by atoms with E-state index in [0.717, 1.165) is 0 Å². The first kappa shape index (κ1) is 9.18. The number of carbonyl (C=O) groups is 1. The Kier molecular flexibility index (Phi) is 2.76. The minimum absolute atomic E-state index is 0.227. The van der Waals surface area contributed by atoms with Crippen molar-refractivity contribution < 1.29 is 9.53 Å². The molecule has 0 saturated carbocycles. The number of nitrogens with one attached hydrogen (secondary N) is 2. The van der Waals surface area contributed by atoms with Crippen molar-refractivity contribution in [1.82, 2.24) is 10.6 Å². The van der Waals surface area contributed by atoms with Gasteiger partial charge in [0.05, 0.1) is 0 Å². The predicted molar refractivity (Wildman–Crippen MR) is 51.9 cm³/mol. The molecule has 4 nitrogen and oxygen atoms in total. The van der Waals surface area contributed by atoms with Crippen LogP contribution in [0.4, 0.5) is 0 Å². The van der Waals surface area contributed by atoms with Crippen LogP contribution in [0.15, 0.2) is 30.3 Å². The highest BCUT2D eigenvalue weighted by Gasteiger charge is 2.23. The zero-order chi connectivity index (χ0) is 9.80. The fraction of sp³-hybridized carbons (Fsp3) is 0.300. The van der Waals surface area contributed by atoms with Crippen molar-refractivity contribution in [3.8, 4) is 5.75 Å². The Labute approximate surface area is 82.3 Å². The van der Waals surface area contributed by atoms with Gasteiger partial charge in [-0.15, -0.1) is 0 Å². The molecule has 0 bridgehead atoms. The smallest absolute Gasteiger partial charge is 0.329 e. The van der Waals surface area contributed by atoms with Gasteiger partial charge in [0, 0.05) is 13.2 Å². The van der Waals surface area contributed by atoms with Gasteiger partial charge in [-0.05, 0) is 12.1 Å². The zero-order valence-corrected chi connectivity index (χ0v) is 7.69. The Hall–Kier alpha value is -1.39. The molecule has 1 aromatic carbocycles. The lowest BCUT2D eigenvalue weighted by Gasteiger charge is -2.08. The zero-order valence-electron chi connectivity index (χ0n) is 7.69. The van der Waals surface area contributed by atoms with Gasteiger partial charge in [-0.3, -0.25) is 5.32 Å². The number of hydrogen-bond donors (Lipinski definition) is 2. The van der Waals surface area contributed by atoms with Gasteiger partial charge in [0.25, 0.3) is 0 Å². The van der Waals surface area contributed by atoms with Crippen molar-refractivity contribution in [3.05, 3.63) is 30.3 Å². The van der Waals surface area contributed by atoms with Crippen LogP contribution in [0.3, 0.4) is 0 Å². The molecule has 0 aliphatic carbocycles. The highest BCUT2D eigenvalue weighted by Crippen LogP contribution is 2.09. The lowest BCUT2D eigenvalue weighted by Crippen LogP contribution is -2.36. The molecule has 1 aliphatic heterocycles. The summed E-state index contributed by atoms with van der Waals surface area (Å²) >= 11 is 0. The molecule has 1 heterocycles. The van der Waals surface area contributed by atoms with Crippen LogP contribution in [0.2, 0.25) is 0 Å². The summed E-state index contributed by atoms with van der Waals surface area (Å²) < 4.78 is 5.16. The van der Waals surface area contributed by atoms with E-state index in [1.165, 1.54) is 0 Å². The van der Waals surface area contributed by atoms with E-state index in [4.69, 9.17) is 4.74 Å². The molecule has 1 aromatic rings. The summed E-state index contributed by atoms with van der Waals surface area (Å²) in [6.45, 7) is 1.29. The molecule has 1 fully saturated rings. The quantitative estimate of drug-likeness (QED) is 0.516. The first-order chi connectivity index (χ1) is 6.86. The Morgan fingerprint density at radius 1 is 1.36 bits per heavy atom. The molecule has 0 amide bonds. The van der Waals surface area contributed by atoms with Crippen molar-refractivity contribution in [2.45, 2.75) is 6.04 Å². The molecule has 0 radical (unpaired) electrons. The van der Waals surface area contributed by atoms with Crippen molar-refractivity contribution in [2.75, 3.05) is 13.2 Å². The van der Waals surface area contributed by atoms with Gasteiger partial charge in [0.2, 0.25) is 0 Å². The second kappa shape index (κ2) is 4.21. The van der Waals surface area contributed by atoms with Crippen LogP contribution in [0, 0.1) is 0 Å². The molecule has 1 saturated heterocycles. The topological polar surface area (TPSA) is 50.4 Å². The fourth-order valence-corrected chi connectivity index (χ4v) is 1.33.